The molecule has 3 rings (SSSR count). The van der Waals surface area contributed by atoms with Crippen molar-refractivity contribution in [3.8, 4) is 0 Å². The van der Waals surface area contributed by atoms with E-state index in [1.54, 1.807) is 5.57 Å². The summed E-state index contributed by atoms with van der Waals surface area (Å²) in [6, 6.07) is 0. The molecule has 0 aromatic rings. The number of hydrogen-bond acceptors (Lipinski definition) is 3. The maximum Gasteiger partial charge on any atom is 1.00 e. The Morgan fingerprint density at radius 1 is 1.12 bits per heavy atom. The standard InChI is InChI=1S/C27H44O.Na.H2O4S.H/c1-19(2)8-6-9-21(4)25-15-16-26-22(10-7-17-27(25,26)5)12-13-23-18-24(28)14-11-20(23)3;;1-5(2,3)4;/h12-13,19,21,24-26,28H,3,6-11,14-18H2,1-2,4-5H3;;(H2,1,2,3,4);/q;+1;;-1/b22-12+,23-13-;;;/t21-,24+,25-,26?,27-;;;/m1.../s1. The quantitative estimate of drug-likeness (QED) is 0.373. The molecule has 3 aliphatic carbocycles. The van der Waals surface area contributed by atoms with Crippen LogP contribution in [0.5, 0.6) is 0 Å². The van der Waals surface area contributed by atoms with Gasteiger partial charge >= 0.3 is 40.0 Å². The number of hydrogen-bond donors (Lipinski definition) is 3. The average molecular weight is 507 g/mol. The third-order valence-corrected chi connectivity index (χ3v) is 8.35. The first kappa shape index (κ1) is 32.1. The van der Waals surface area contributed by atoms with E-state index in [1.165, 1.54) is 62.5 Å². The largest absolute Gasteiger partial charge is 1.00 e. The fourth-order valence-corrected chi connectivity index (χ4v) is 6.66. The van der Waals surface area contributed by atoms with Crippen molar-refractivity contribution in [2.24, 2.45) is 29.1 Å². The summed E-state index contributed by atoms with van der Waals surface area (Å²) in [5, 5.41) is 10.0. The van der Waals surface area contributed by atoms with Crippen molar-refractivity contribution >= 4 is 10.4 Å². The topological polar surface area (TPSA) is 94.8 Å². The van der Waals surface area contributed by atoms with E-state index in [4.69, 9.17) is 17.5 Å². The zero-order valence-electron chi connectivity index (χ0n) is 23.1. The number of allylic oxidation sites excluding steroid dienone is 4. The number of aliphatic hydroxyl groups excluding tert-OH is 1. The molecule has 192 valence electrons. The SMILES string of the molecule is C=C1CC[C@H](O)C/C1=C/C=C1\CCC[C@@]2(C)C1CC[C@@H]2[C@H](C)CCCC(C)C.O=S(=O)(O)O.[H-].[Na+]. The monoisotopic (exact) mass is 506 g/mol. The zero-order chi connectivity index (χ0) is 24.8. The number of aliphatic hydroxyl groups is 1. The summed E-state index contributed by atoms with van der Waals surface area (Å²) in [6.07, 6.45) is 18.2. The molecule has 0 aromatic heterocycles. The van der Waals surface area contributed by atoms with Gasteiger partial charge in [0.15, 0.2) is 0 Å². The molecule has 3 N–H and O–H groups in total. The molecule has 0 saturated heterocycles. The van der Waals surface area contributed by atoms with Gasteiger partial charge in [-0.15, -0.1) is 0 Å². The van der Waals surface area contributed by atoms with Gasteiger partial charge in [0.05, 0.1) is 6.10 Å². The van der Waals surface area contributed by atoms with Crippen LogP contribution in [0.15, 0.2) is 35.5 Å². The zero-order valence-corrected chi connectivity index (χ0v) is 24.9. The van der Waals surface area contributed by atoms with Gasteiger partial charge in [-0.2, -0.15) is 8.42 Å². The van der Waals surface area contributed by atoms with Gasteiger partial charge in [-0.3, -0.25) is 9.11 Å². The first-order chi connectivity index (χ1) is 15.3. The molecule has 0 heterocycles. The summed E-state index contributed by atoms with van der Waals surface area (Å²) >= 11 is 0. The molecule has 3 fully saturated rings. The third-order valence-electron chi connectivity index (χ3n) is 8.35. The molecule has 0 aromatic carbocycles. The predicted octanol–water partition coefficient (Wildman–Crippen LogP) is 4.08. The Bertz CT molecular complexity index is 831. The van der Waals surface area contributed by atoms with E-state index in [1.807, 2.05) is 0 Å². The second kappa shape index (κ2) is 14.1. The molecule has 0 bridgehead atoms. The summed E-state index contributed by atoms with van der Waals surface area (Å²) in [5.41, 5.74) is 4.72. The molecule has 34 heavy (non-hydrogen) atoms. The van der Waals surface area contributed by atoms with E-state index in [0.29, 0.717) is 5.41 Å². The van der Waals surface area contributed by atoms with Crippen LogP contribution in [0.25, 0.3) is 0 Å². The van der Waals surface area contributed by atoms with Crippen LogP contribution in [-0.4, -0.2) is 28.7 Å². The Kier molecular flexibility index (Phi) is 13.3. The van der Waals surface area contributed by atoms with Crippen molar-refractivity contribution < 1.29 is 53.6 Å². The van der Waals surface area contributed by atoms with Crippen LogP contribution < -0.4 is 29.6 Å². The predicted molar refractivity (Wildman–Crippen MR) is 136 cm³/mol. The molecular formula is C27H47NaO5S. The van der Waals surface area contributed by atoms with Crippen molar-refractivity contribution in [2.75, 3.05) is 0 Å². The normalized spacial score (nSPS) is 32.7. The second-order valence-electron chi connectivity index (χ2n) is 11.3. The van der Waals surface area contributed by atoms with Crippen LogP contribution in [-0.2, 0) is 10.4 Å². The Labute approximate surface area is 231 Å². The molecule has 5 atom stereocenters. The minimum atomic E-state index is -4.67. The molecule has 5 nitrogen and oxygen atoms in total. The number of fused-ring (bicyclic) bond motifs is 1. The number of rotatable bonds is 6. The maximum atomic E-state index is 10.0. The van der Waals surface area contributed by atoms with Gasteiger partial charge in [-0.25, -0.2) is 0 Å². The third kappa shape index (κ3) is 9.84. The summed E-state index contributed by atoms with van der Waals surface area (Å²) in [7, 11) is -4.67. The minimum absolute atomic E-state index is 0. The molecule has 0 amide bonds. The molecule has 0 aliphatic heterocycles. The van der Waals surface area contributed by atoms with Gasteiger partial charge in [-0.1, -0.05) is 76.8 Å². The molecule has 3 saturated carbocycles. The van der Waals surface area contributed by atoms with E-state index >= 15 is 0 Å². The van der Waals surface area contributed by atoms with Crippen LogP contribution >= 0.6 is 0 Å². The van der Waals surface area contributed by atoms with Crippen LogP contribution in [0.4, 0.5) is 0 Å². The van der Waals surface area contributed by atoms with Gasteiger partial charge in [-0.05, 0) is 86.0 Å². The van der Waals surface area contributed by atoms with Crippen LogP contribution in [0, 0.1) is 29.1 Å². The summed E-state index contributed by atoms with van der Waals surface area (Å²) in [5.74, 6) is 3.37. The fraction of sp³-hybridized carbons (Fsp3) is 0.778. The fourth-order valence-electron chi connectivity index (χ4n) is 6.66. The smallest absolute Gasteiger partial charge is 1.00 e. The van der Waals surface area contributed by atoms with Crippen molar-refractivity contribution in [1.82, 2.24) is 0 Å². The minimum Gasteiger partial charge on any atom is -1.00 e. The van der Waals surface area contributed by atoms with Gasteiger partial charge in [0.1, 0.15) is 0 Å². The van der Waals surface area contributed by atoms with Gasteiger partial charge in [0.25, 0.3) is 0 Å². The van der Waals surface area contributed by atoms with Crippen molar-refractivity contribution in [3.05, 3.63) is 35.5 Å². The Balaban J connectivity index is 0.00000150. The van der Waals surface area contributed by atoms with Gasteiger partial charge < -0.3 is 6.53 Å². The Morgan fingerprint density at radius 3 is 2.38 bits per heavy atom. The summed E-state index contributed by atoms with van der Waals surface area (Å²) in [6.45, 7) is 14.1. The first-order valence-electron chi connectivity index (χ1n) is 12.8. The Hall–Kier alpha value is 0.0500. The molecule has 7 heteroatoms. The maximum absolute atomic E-state index is 10.0. The van der Waals surface area contributed by atoms with Gasteiger partial charge in [0.2, 0.25) is 0 Å². The first-order valence-corrected chi connectivity index (χ1v) is 14.2. The van der Waals surface area contributed by atoms with E-state index in [-0.39, 0.29) is 37.1 Å². The summed E-state index contributed by atoms with van der Waals surface area (Å²) in [4.78, 5) is 0. The van der Waals surface area contributed by atoms with E-state index < -0.39 is 10.4 Å². The molecule has 1 unspecified atom stereocenters. The summed E-state index contributed by atoms with van der Waals surface area (Å²) < 4.78 is 31.6. The van der Waals surface area contributed by atoms with Crippen molar-refractivity contribution in [2.45, 2.75) is 104 Å². The second-order valence-corrected chi connectivity index (χ2v) is 12.2. The van der Waals surface area contributed by atoms with Crippen molar-refractivity contribution in [1.29, 1.82) is 0 Å². The molecule has 3 aliphatic rings. The molecular weight excluding hydrogens is 459 g/mol. The van der Waals surface area contributed by atoms with Crippen molar-refractivity contribution in [3.63, 3.8) is 0 Å². The van der Waals surface area contributed by atoms with Crippen LogP contribution in [0.3, 0.4) is 0 Å². The van der Waals surface area contributed by atoms with E-state index in [0.717, 1.165) is 42.9 Å². The Morgan fingerprint density at radius 2 is 1.76 bits per heavy atom. The van der Waals surface area contributed by atoms with Gasteiger partial charge in [0, 0.05) is 0 Å². The van der Waals surface area contributed by atoms with Crippen LogP contribution in [0.1, 0.15) is 99.8 Å². The average Bonchev–Trinajstić information content (AvgIpc) is 3.04. The molecule has 0 spiro atoms. The molecule has 0 radical (unpaired) electrons. The van der Waals surface area contributed by atoms with Crippen LogP contribution in [0.2, 0.25) is 0 Å². The van der Waals surface area contributed by atoms with E-state index in [2.05, 4.69) is 46.4 Å². The van der Waals surface area contributed by atoms with E-state index in [9.17, 15) is 5.11 Å².